The number of thiophene rings is 1. The second-order valence-corrected chi connectivity index (χ2v) is 6.83. The minimum Gasteiger partial charge on any atom is -0.337 e. The van der Waals surface area contributed by atoms with Gasteiger partial charge in [-0.1, -0.05) is 35.0 Å². The average molecular weight is 341 g/mol. The van der Waals surface area contributed by atoms with E-state index in [1.165, 1.54) is 11.3 Å². The van der Waals surface area contributed by atoms with Crippen LogP contribution < -0.4 is 0 Å². The minimum atomic E-state index is -0.0182. The molecular formula is C18H19N3O2S. The Morgan fingerprint density at radius 3 is 2.79 bits per heavy atom. The van der Waals surface area contributed by atoms with Gasteiger partial charge in [0.25, 0.3) is 5.91 Å². The fourth-order valence-electron chi connectivity index (χ4n) is 2.40. The highest BCUT2D eigenvalue weighted by Crippen LogP contribution is 2.20. The van der Waals surface area contributed by atoms with Gasteiger partial charge in [0.2, 0.25) is 11.7 Å². The minimum absolute atomic E-state index is 0.0182. The monoisotopic (exact) mass is 341 g/mol. The number of nitrogens with zero attached hydrogens (tertiary/aromatic N) is 3. The molecule has 0 bridgehead atoms. The number of hydrogen-bond acceptors (Lipinski definition) is 5. The van der Waals surface area contributed by atoms with E-state index in [-0.39, 0.29) is 11.9 Å². The van der Waals surface area contributed by atoms with Gasteiger partial charge in [-0.25, -0.2) is 0 Å². The lowest BCUT2D eigenvalue weighted by atomic mass is 10.1. The zero-order valence-corrected chi connectivity index (χ0v) is 14.7. The van der Waals surface area contributed by atoms with Crippen LogP contribution in [-0.2, 0) is 6.54 Å². The Labute approximate surface area is 144 Å². The van der Waals surface area contributed by atoms with Crippen LogP contribution in [0.1, 0.15) is 35.0 Å². The number of carbonyl (C=O) groups is 1. The summed E-state index contributed by atoms with van der Waals surface area (Å²) in [5.41, 5.74) is 2.04. The van der Waals surface area contributed by atoms with E-state index in [1.807, 2.05) is 62.5 Å². The average Bonchev–Trinajstić information content (AvgIpc) is 3.23. The molecule has 24 heavy (non-hydrogen) atoms. The van der Waals surface area contributed by atoms with Gasteiger partial charge in [0.05, 0.1) is 4.88 Å². The first-order valence-corrected chi connectivity index (χ1v) is 8.66. The van der Waals surface area contributed by atoms with Gasteiger partial charge in [0, 0.05) is 11.6 Å². The highest BCUT2D eigenvalue weighted by atomic mass is 32.1. The van der Waals surface area contributed by atoms with E-state index in [0.29, 0.717) is 23.1 Å². The van der Waals surface area contributed by atoms with Crippen molar-refractivity contribution in [2.75, 3.05) is 0 Å². The van der Waals surface area contributed by atoms with E-state index >= 15 is 0 Å². The molecule has 0 aliphatic heterocycles. The molecule has 1 aromatic carbocycles. The zero-order valence-electron chi connectivity index (χ0n) is 13.9. The van der Waals surface area contributed by atoms with E-state index in [4.69, 9.17) is 4.52 Å². The third kappa shape index (κ3) is 3.54. The fraction of sp³-hybridized carbons (Fsp3) is 0.278. The first-order valence-electron chi connectivity index (χ1n) is 7.78. The van der Waals surface area contributed by atoms with Crippen LogP contribution in [0.3, 0.4) is 0 Å². The summed E-state index contributed by atoms with van der Waals surface area (Å²) in [5.74, 6) is 0.960. The van der Waals surface area contributed by atoms with Crippen LogP contribution >= 0.6 is 11.3 Å². The molecule has 3 aromatic rings. The van der Waals surface area contributed by atoms with Crippen molar-refractivity contribution in [1.29, 1.82) is 0 Å². The van der Waals surface area contributed by atoms with Gasteiger partial charge in [-0.3, -0.25) is 4.79 Å². The first kappa shape index (κ1) is 16.4. The van der Waals surface area contributed by atoms with Crippen LogP contribution in [0.15, 0.2) is 46.3 Å². The normalized spacial score (nSPS) is 11.0. The molecule has 0 N–H and O–H groups in total. The smallest absolute Gasteiger partial charge is 0.264 e. The maximum Gasteiger partial charge on any atom is 0.264 e. The van der Waals surface area contributed by atoms with E-state index in [2.05, 4.69) is 10.1 Å². The molecule has 2 aromatic heterocycles. The number of amides is 1. The summed E-state index contributed by atoms with van der Waals surface area (Å²) < 4.78 is 5.36. The summed E-state index contributed by atoms with van der Waals surface area (Å²) in [7, 11) is 0. The van der Waals surface area contributed by atoms with Crippen LogP contribution in [0.5, 0.6) is 0 Å². The Kier molecular flexibility index (Phi) is 4.76. The lowest BCUT2D eigenvalue weighted by molar-refractivity contribution is 0.0672. The van der Waals surface area contributed by atoms with Gasteiger partial charge in [-0.05, 0) is 38.3 Å². The topological polar surface area (TPSA) is 59.2 Å². The second-order valence-electron chi connectivity index (χ2n) is 5.89. The van der Waals surface area contributed by atoms with Crippen molar-refractivity contribution in [3.63, 3.8) is 0 Å². The van der Waals surface area contributed by atoms with Crippen LogP contribution in [0.2, 0.25) is 0 Å². The van der Waals surface area contributed by atoms with Crippen molar-refractivity contribution in [1.82, 2.24) is 15.0 Å². The van der Waals surface area contributed by atoms with Gasteiger partial charge in [0.1, 0.15) is 6.54 Å². The summed E-state index contributed by atoms with van der Waals surface area (Å²) in [6.07, 6.45) is 0. The summed E-state index contributed by atoms with van der Waals surface area (Å²) in [6.45, 7) is 6.27. The Morgan fingerprint density at radius 1 is 1.29 bits per heavy atom. The maximum atomic E-state index is 12.6. The third-order valence-electron chi connectivity index (χ3n) is 3.67. The van der Waals surface area contributed by atoms with Crippen molar-refractivity contribution in [3.05, 3.63) is 58.1 Å². The lowest BCUT2D eigenvalue weighted by Gasteiger charge is -2.24. The van der Waals surface area contributed by atoms with Crippen LogP contribution in [0, 0.1) is 6.92 Å². The molecule has 0 saturated heterocycles. The zero-order chi connectivity index (χ0) is 17.1. The molecule has 0 fully saturated rings. The quantitative estimate of drug-likeness (QED) is 0.699. The summed E-state index contributed by atoms with van der Waals surface area (Å²) >= 11 is 1.43. The number of carbonyl (C=O) groups excluding carboxylic acids is 1. The Bertz CT molecular complexity index is 824. The number of hydrogen-bond donors (Lipinski definition) is 0. The maximum absolute atomic E-state index is 12.6. The molecule has 1 amide bonds. The van der Waals surface area contributed by atoms with Gasteiger partial charge in [-0.15, -0.1) is 11.3 Å². The SMILES string of the molecule is Cc1cccc(-c2noc(CN(C(=O)c3cccs3)C(C)C)n2)c1. The number of aromatic nitrogens is 2. The molecule has 0 saturated carbocycles. The Balaban J connectivity index is 1.80. The van der Waals surface area contributed by atoms with Crippen LogP contribution in [0.4, 0.5) is 0 Å². The number of benzene rings is 1. The fourth-order valence-corrected chi connectivity index (χ4v) is 3.08. The van der Waals surface area contributed by atoms with Crippen molar-refractivity contribution >= 4 is 17.2 Å². The van der Waals surface area contributed by atoms with Crippen molar-refractivity contribution < 1.29 is 9.32 Å². The highest BCUT2D eigenvalue weighted by molar-refractivity contribution is 7.12. The second kappa shape index (κ2) is 6.97. The van der Waals surface area contributed by atoms with E-state index in [1.54, 1.807) is 4.90 Å². The van der Waals surface area contributed by atoms with E-state index < -0.39 is 0 Å². The van der Waals surface area contributed by atoms with E-state index in [9.17, 15) is 4.79 Å². The number of aryl methyl sites for hydroxylation is 1. The van der Waals surface area contributed by atoms with Crippen LogP contribution in [0.25, 0.3) is 11.4 Å². The van der Waals surface area contributed by atoms with Crippen molar-refractivity contribution in [3.8, 4) is 11.4 Å². The summed E-state index contributed by atoms with van der Waals surface area (Å²) in [5, 5.41) is 5.94. The molecule has 0 atom stereocenters. The Hall–Kier alpha value is -2.47. The van der Waals surface area contributed by atoms with Crippen LogP contribution in [-0.4, -0.2) is 27.0 Å². The van der Waals surface area contributed by atoms with Gasteiger partial charge >= 0.3 is 0 Å². The number of rotatable bonds is 5. The molecule has 0 aliphatic rings. The predicted molar refractivity (Wildman–Crippen MR) is 93.8 cm³/mol. The van der Waals surface area contributed by atoms with Gasteiger partial charge < -0.3 is 9.42 Å². The highest BCUT2D eigenvalue weighted by Gasteiger charge is 2.22. The molecule has 6 heteroatoms. The van der Waals surface area contributed by atoms with Gasteiger partial charge in [-0.2, -0.15) is 4.98 Å². The first-order chi connectivity index (χ1) is 11.5. The van der Waals surface area contributed by atoms with Crippen molar-refractivity contribution in [2.45, 2.75) is 33.4 Å². The molecule has 0 spiro atoms. The van der Waals surface area contributed by atoms with Gasteiger partial charge in [0.15, 0.2) is 0 Å². The third-order valence-corrected chi connectivity index (χ3v) is 4.52. The molecular weight excluding hydrogens is 322 g/mol. The molecule has 5 nitrogen and oxygen atoms in total. The van der Waals surface area contributed by atoms with E-state index in [0.717, 1.165) is 11.1 Å². The predicted octanol–water partition coefficient (Wildman–Crippen LogP) is 4.16. The molecule has 0 radical (unpaired) electrons. The molecule has 2 heterocycles. The van der Waals surface area contributed by atoms with Crippen molar-refractivity contribution in [2.24, 2.45) is 0 Å². The lowest BCUT2D eigenvalue weighted by Crippen LogP contribution is -2.36. The standard InChI is InChI=1S/C18H19N3O2S/c1-12(2)21(18(22)15-8-5-9-24-15)11-16-19-17(20-23-16)14-7-4-6-13(3)10-14/h4-10,12H,11H2,1-3H3. The largest absolute Gasteiger partial charge is 0.337 e. The molecule has 124 valence electrons. The molecule has 3 rings (SSSR count). The molecule has 0 unspecified atom stereocenters. The summed E-state index contributed by atoms with van der Waals surface area (Å²) in [6, 6.07) is 11.7. The Morgan fingerprint density at radius 2 is 2.12 bits per heavy atom. The summed E-state index contributed by atoms with van der Waals surface area (Å²) in [4.78, 5) is 19.5. The molecule has 0 aliphatic carbocycles.